The van der Waals surface area contributed by atoms with Crippen LogP contribution in [0.5, 0.6) is 0 Å². The number of carbonyl (C=O) groups excluding carboxylic acids is 2. The monoisotopic (exact) mass is 368 g/mol. The second-order valence-electron chi connectivity index (χ2n) is 5.91. The smallest absolute Gasteiger partial charge is 0.170 e. The molecule has 0 amide bonds. The number of thiophene rings is 1. The molecule has 1 heterocycles. The number of rotatable bonds is 6. The van der Waals surface area contributed by atoms with Crippen LogP contribution in [-0.2, 0) is 17.6 Å². The Kier molecular flexibility index (Phi) is 5.47. The second kappa shape index (κ2) is 7.77. The first-order chi connectivity index (χ1) is 12.0. The summed E-state index contributed by atoms with van der Waals surface area (Å²) in [5, 5.41) is 0.653. The first-order valence-electron chi connectivity index (χ1n) is 7.98. The van der Waals surface area contributed by atoms with Gasteiger partial charge in [-0.3, -0.25) is 9.59 Å². The lowest BCUT2D eigenvalue weighted by Gasteiger charge is -2.02. The van der Waals surface area contributed by atoms with Gasteiger partial charge < -0.3 is 0 Å². The highest BCUT2D eigenvalue weighted by Crippen LogP contribution is 2.32. The van der Waals surface area contributed by atoms with E-state index in [1.807, 2.05) is 48.5 Å². The fourth-order valence-corrected chi connectivity index (χ4v) is 3.91. The van der Waals surface area contributed by atoms with Gasteiger partial charge in [-0.15, -0.1) is 11.3 Å². The molecule has 0 atom stereocenters. The van der Waals surface area contributed by atoms with Crippen molar-refractivity contribution in [3.05, 3.63) is 81.7 Å². The molecular formula is C21H17ClO2S. The van der Waals surface area contributed by atoms with Gasteiger partial charge in [-0.05, 0) is 41.8 Å². The molecule has 25 heavy (non-hydrogen) atoms. The summed E-state index contributed by atoms with van der Waals surface area (Å²) in [7, 11) is 0. The maximum atomic E-state index is 12.4. The van der Waals surface area contributed by atoms with Crippen molar-refractivity contribution in [1.29, 1.82) is 0 Å². The van der Waals surface area contributed by atoms with Gasteiger partial charge in [-0.25, -0.2) is 0 Å². The van der Waals surface area contributed by atoms with Crippen LogP contribution in [0, 0.1) is 0 Å². The van der Waals surface area contributed by atoms with Gasteiger partial charge in [0.25, 0.3) is 0 Å². The van der Waals surface area contributed by atoms with Crippen LogP contribution in [-0.4, -0.2) is 11.6 Å². The van der Waals surface area contributed by atoms with Gasteiger partial charge in [0.15, 0.2) is 5.78 Å². The quantitative estimate of drug-likeness (QED) is 0.529. The van der Waals surface area contributed by atoms with Crippen molar-refractivity contribution in [3.63, 3.8) is 0 Å². The molecule has 126 valence electrons. The zero-order valence-corrected chi connectivity index (χ0v) is 15.4. The molecule has 0 saturated heterocycles. The fraction of sp³-hybridized carbons (Fsp3) is 0.143. The molecule has 4 heteroatoms. The molecule has 0 radical (unpaired) electrons. The normalized spacial score (nSPS) is 10.6. The van der Waals surface area contributed by atoms with E-state index in [4.69, 9.17) is 11.6 Å². The van der Waals surface area contributed by atoms with Gasteiger partial charge in [0, 0.05) is 22.7 Å². The van der Waals surface area contributed by atoms with Gasteiger partial charge in [0.2, 0.25) is 0 Å². The lowest BCUT2D eigenvalue weighted by molar-refractivity contribution is -0.117. The van der Waals surface area contributed by atoms with Crippen molar-refractivity contribution in [1.82, 2.24) is 0 Å². The Morgan fingerprint density at radius 2 is 1.64 bits per heavy atom. The molecule has 0 aliphatic heterocycles. The Morgan fingerprint density at radius 1 is 0.960 bits per heavy atom. The molecule has 0 bridgehead atoms. The van der Waals surface area contributed by atoms with Crippen molar-refractivity contribution >= 4 is 34.5 Å². The second-order valence-corrected chi connectivity index (χ2v) is 7.39. The summed E-state index contributed by atoms with van der Waals surface area (Å²) >= 11 is 7.33. The topological polar surface area (TPSA) is 34.1 Å². The van der Waals surface area contributed by atoms with Crippen molar-refractivity contribution in [2.45, 2.75) is 19.8 Å². The molecule has 0 aliphatic rings. The number of benzene rings is 2. The van der Waals surface area contributed by atoms with E-state index in [0.717, 1.165) is 21.6 Å². The van der Waals surface area contributed by atoms with E-state index in [1.54, 1.807) is 19.1 Å². The standard InChI is InChI=1S/C21H17ClO2S/c1-14(23)21-17(13-20(25-21)16-5-3-2-4-6-16)12-19(24)11-15-7-9-18(22)10-8-15/h2-10,13H,11-12H2,1H3. The highest BCUT2D eigenvalue weighted by Gasteiger charge is 2.17. The van der Waals surface area contributed by atoms with Crippen LogP contribution in [0.25, 0.3) is 10.4 Å². The molecule has 3 aromatic rings. The van der Waals surface area contributed by atoms with Gasteiger partial charge in [-0.2, -0.15) is 0 Å². The Morgan fingerprint density at radius 3 is 2.28 bits per heavy atom. The molecule has 0 unspecified atom stereocenters. The summed E-state index contributed by atoms with van der Waals surface area (Å²) < 4.78 is 0. The van der Waals surface area contributed by atoms with Gasteiger partial charge in [-0.1, -0.05) is 54.1 Å². The van der Waals surface area contributed by atoms with Crippen LogP contribution in [0.15, 0.2) is 60.7 Å². The summed E-state index contributed by atoms with van der Waals surface area (Å²) in [5.41, 5.74) is 2.80. The average Bonchev–Trinajstić information content (AvgIpc) is 3.02. The lowest BCUT2D eigenvalue weighted by atomic mass is 10.0. The molecule has 2 aromatic carbocycles. The minimum absolute atomic E-state index is 0.00136. The molecule has 0 aliphatic carbocycles. The summed E-state index contributed by atoms with van der Waals surface area (Å²) in [5.74, 6) is 0.0868. The zero-order valence-electron chi connectivity index (χ0n) is 13.8. The van der Waals surface area contributed by atoms with Crippen LogP contribution >= 0.6 is 22.9 Å². The fourth-order valence-electron chi connectivity index (χ4n) is 2.71. The maximum Gasteiger partial charge on any atom is 0.170 e. The van der Waals surface area contributed by atoms with E-state index < -0.39 is 0 Å². The largest absolute Gasteiger partial charge is 0.299 e. The van der Waals surface area contributed by atoms with Gasteiger partial charge >= 0.3 is 0 Å². The van der Waals surface area contributed by atoms with E-state index in [9.17, 15) is 9.59 Å². The Balaban J connectivity index is 1.81. The maximum absolute atomic E-state index is 12.4. The van der Waals surface area contributed by atoms with E-state index in [2.05, 4.69) is 0 Å². The van der Waals surface area contributed by atoms with Crippen LogP contribution in [0.4, 0.5) is 0 Å². The van der Waals surface area contributed by atoms with E-state index in [0.29, 0.717) is 16.3 Å². The summed E-state index contributed by atoms with van der Waals surface area (Å²) in [4.78, 5) is 26.1. The summed E-state index contributed by atoms with van der Waals surface area (Å²) in [6.45, 7) is 1.55. The first-order valence-corrected chi connectivity index (χ1v) is 9.17. The highest BCUT2D eigenvalue weighted by molar-refractivity contribution is 7.17. The average molecular weight is 369 g/mol. The summed E-state index contributed by atoms with van der Waals surface area (Å²) in [6, 6.07) is 19.2. The predicted octanol–water partition coefficient (Wildman–Crippen LogP) is 5.63. The third kappa shape index (κ3) is 4.44. The van der Waals surface area contributed by atoms with Crippen LogP contribution in [0.1, 0.15) is 27.7 Å². The third-order valence-corrected chi connectivity index (χ3v) is 5.47. The van der Waals surface area contributed by atoms with Gasteiger partial charge in [0.05, 0.1) is 4.88 Å². The molecule has 0 N–H and O–H groups in total. The van der Waals surface area contributed by atoms with Crippen molar-refractivity contribution in [2.24, 2.45) is 0 Å². The van der Waals surface area contributed by atoms with E-state index >= 15 is 0 Å². The SMILES string of the molecule is CC(=O)c1sc(-c2ccccc2)cc1CC(=O)Cc1ccc(Cl)cc1. The third-order valence-electron chi connectivity index (χ3n) is 3.89. The van der Waals surface area contributed by atoms with E-state index in [-0.39, 0.29) is 18.0 Å². The highest BCUT2D eigenvalue weighted by atomic mass is 35.5. The first kappa shape index (κ1) is 17.6. The van der Waals surface area contributed by atoms with Crippen LogP contribution in [0.3, 0.4) is 0 Å². The molecule has 0 fully saturated rings. The van der Waals surface area contributed by atoms with Crippen LogP contribution < -0.4 is 0 Å². The molecule has 1 aromatic heterocycles. The Bertz CT molecular complexity index is 895. The number of hydrogen-bond acceptors (Lipinski definition) is 3. The number of carbonyl (C=O) groups is 2. The number of hydrogen-bond donors (Lipinski definition) is 0. The Hall–Kier alpha value is -2.23. The minimum Gasteiger partial charge on any atom is -0.299 e. The molecule has 3 rings (SSSR count). The van der Waals surface area contributed by atoms with Crippen molar-refractivity contribution < 1.29 is 9.59 Å². The van der Waals surface area contributed by atoms with Crippen molar-refractivity contribution in [3.8, 4) is 10.4 Å². The lowest BCUT2D eigenvalue weighted by Crippen LogP contribution is -2.08. The molecular weight excluding hydrogens is 352 g/mol. The number of halogens is 1. The molecule has 0 spiro atoms. The minimum atomic E-state index is 0.00136. The predicted molar refractivity (Wildman–Crippen MR) is 104 cm³/mol. The summed E-state index contributed by atoms with van der Waals surface area (Å²) in [6.07, 6.45) is 0.603. The zero-order chi connectivity index (χ0) is 17.8. The number of Topliss-reactive ketones (excluding diaryl/α,β-unsaturated/α-hetero) is 2. The van der Waals surface area contributed by atoms with E-state index in [1.165, 1.54) is 11.3 Å². The molecule has 0 saturated carbocycles. The van der Waals surface area contributed by atoms with Crippen LogP contribution in [0.2, 0.25) is 5.02 Å². The molecule has 2 nitrogen and oxygen atoms in total. The van der Waals surface area contributed by atoms with Crippen molar-refractivity contribution in [2.75, 3.05) is 0 Å². The van der Waals surface area contributed by atoms with Gasteiger partial charge in [0.1, 0.15) is 5.78 Å². The Labute approximate surface area is 156 Å². The number of ketones is 2.